The first-order chi connectivity index (χ1) is 32.4. The van der Waals surface area contributed by atoms with Gasteiger partial charge in [0.05, 0.1) is 22.7 Å². The van der Waals surface area contributed by atoms with E-state index in [0.717, 1.165) is 19.3 Å². The van der Waals surface area contributed by atoms with Crippen molar-refractivity contribution in [1.29, 1.82) is 0 Å². The summed E-state index contributed by atoms with van der Waals surface area (Å²) in [5, 5.41) is 7.69. The lowest BCUT2D eigenvalue weighted by atomic mass is 9.83. The molecule has 330 valence electrons. The summed E-state index contributed by atoms with van der Waals surface area (Å²) in [4.78, 5) is 5.22. The van der Waals surface area contributed by atoms with E-state index < -0.39 is 0 Å². The minimum Gasteiger partial charge on any atom is -0.309 e. The molecule has 1 aliphatic rings. The Balaban J connectivity index is 1.34. The monoisotopic (exact) mass is 868 g/mol. The predicted molar refractivity (Wildman–Crippen MR) is 290 cm³/mol. The van der Waals surface area contributed by atoms with Crippen LogP contribution in [0.3, 0.4) is 0 Å². The fourth-order valence-electron chi connectivity index (χ4n) is 11.2. The van der Waals surface area contributed by atoms with Crippen molar-refractivity contribution in [2.75, 3.05) is 9.80 Å². The Morgan fingerprint density at radius 3 is 1.27 bits per heavy atom. The number of anilines is 6. The molecule has 10 aromatic carbocycles. The van der Waals surface area contributed by atoms with Gasteiger partial charge in [-0.05, 0) is 177 Å². The smallest absolute Gasteiger partial charge is 0.0561 e. The van der Waals surface area contributed by atoms with Crippen LogP contribution in [-0.2, 0) is 24.7 Å². The average Bonchev–Trinajstić information content (AvgIpc) is 3.32. The molecule has 0 aliphatic carbocycles. The van der Waals surface area contributed by atoms with Crippen molar-refractivity contribution < 1.29 is 0 Å². The molecule has 0 N–H and O–H groups in total. The number of aryl methyl sites for hydroxylation is 6. The molecule has 1 heterocycles. The van der Waals surface area contributed by atoms with E-state index in [4.69, 9.17) is 0 Å². The van der Waals surface area contributed by atoms with Crippen LogP contribution in [0.1, 0.15) is 84.7 Å². The van der Waals surface area contributed by atoms with Crippen LogP contribution < -0.4 is 9.80 Å². The van der Waals surface area contributed by atoms with Crippen LogP contribution in [0.15, 0.2) is 164 Å². The molecule has 2 bridgehead atoms. The molecule has 1 aliphatic heterocycles. The molecule has 0 radical (unpaired) electrons. The summed E-state index contributed by atoms with van der Waals surface area (Å²) in [7, 11) is 0. The van der Waals surface area contributed by atoms with Crippen molar-refractivity contribution in [1.82, 2.24) is 0 Å². The Bertz CT molecular complexity index is 3300. The highest BCUT2D eigenvalue weighted by Gasteiger charge is 2.30. The zero-order valence-corrected chi connectivity index (χ0v) is 40.6. The van der Waals surface area contributed by atoms with E-state index in [1.54, 1.807) is 0 Å². The fraction of sp³-hybridized carbons (Fsp3) is 0.200. The van der Waals surface area contributed by atoms with Crippen molar-refractivity contribution in [3.63, 3.8) is 0 Å². The van der Waals surface area contributed by atoms with Crippen molar-refractivity contribution in [2.45, 2.75) is 87.0 Å². The minimum absolute atomic E-state index is 0.00766. The number of nitrogens with zero attached hydrogens (tertiary/aromatic N) is 2. The van der Waals surface area contributed by atoms with Crippen LogP contribution in [0.5, 0.6) is 0 Å². The lowest BCUT2D eigenvalue weighted by Crippen LogP contribution is -2.19. The molecule has 11 rings (SSSR count). The zero-order chi connectivity index (χ0) is 46.3. The lowest BCUT2D eigenvalue weighted by Gasteiger charge is -2.36. The summed E-state index contributed by atoms with van der Waals surface area (Å²) >= 11 is 0. The van der Waals surface area contributed by atoms with Crippen LogP contribution >= 0.6 is 0 Å². The third kappa shape index (κ3) is 7.17. The molecular weight excluding hydrogens is 809 g/mol. The van der Waals surface area contributed by atoms with Crippen molar-refractivity contribution in [2.24, 2.45) is 0 Å². The SMILES string of the molecule is CCc1cccc(N2c3cc(-c4c(C)cccc4C)ccc3Cc3ccc(-c4c(C)cccc4C)cc3N(c3cccc(CC)c3)c3cc2c2ccc4cc(C(C)(C)C)cc5ccc3c2c45)c1. The maximum atomic E-state index is 2.61. The Morgan fingerprint density at radius 1 is 0.418 bits per heavy atom. The number of benzene rings is 10. The summed E-state index contributed by atoms with van der Waals surface area (Å²) in [5.41, 5.74) is 23.9. The van der Waals surface area contributed by atoms with Crippen LogP contribution in [0, 0.1) is 27.7 Å². The molecule has 0 atom stereocenters. The van der Waals surface area contributed by atoms with Crippen molar-refractivity contribution >= 4 is 66.4 Å². The highest BCUT2D eigenvalue weighted by atomic mass is 15.2. The number of fused-ring (bicyclic) bond motifs is 6. The van der Waals surface area contributed by atoms with Gasteiger partial charge < -0.3 is 9.80 Å². The summed E-state index contributed by atoms with van der Waals surface area (Å²) in [6.07, 6.45) is 2.65. The second kappa shape index (κ2) is 16.3. The maximum absolute atomic E-state index is 2.61. The Hall–Kier alpha value is -7.16. The number of hydrogen-bond acceptors (Lipinski definition) is 2. The van der Waals surface area contributed by atoms with Crippen LogP contribution in [-0.4, -0.2) is 0 Å². The molecule has 0 aromatic heterocycles. The Labute approximate surface area is 397 Å². The third-order valence-corrected chi connectivity index (χ3v) is 14.7. The van der Waals surface area contributed by atoms with E-state index in [9.17, 15) is 0 Å². The maximum Gasteiger partial charge on any atom is 0.0561 e. The zero-order valence-electron chi connectivity index (χ0n) is 40.6. The van der Waals surface area contributed by atoms with Crippen LogP contribution in [0.4, 0.5) is 34.1 Å². The van der Waals surface area contributed by atoms with Gasteiger partial charge in [0.1, 0.15) is 0 Å². The van der Waals surface area contributed by atoms with Gasteiger partial charge in [0.25, 0.3) is 0 Å². The van der Waals surface area contributed by atoms with E-state index in [1.165, 1.54) is 139 Å². The highest BCUT2D eigenvalue weighted by Crippen LogP contribution is 2.53. The quantitative estimate of drug-likeness (QED) is 0.154. The number of hydrogen-bond donors (Lipinski definition) is 0. The Morgan fingerprint density at radius 2 is 0.851 bits per heavy atom. The highest BCUT2D eigenvalue weighted by molar-refractivity contribution is 6.29. The van der Waals surface area contributed by atoms with Crippen LogP contribution in [0.25, 0.3) is 54.6 Å². The summed E-state index contributed by atoms with van der Waals surface area (Å²) in [6, 6.07) is 63.5. The topological polar surface area (TPSA) is 6.48 Å². The van der Waals surface area contributed by atoms with E-state index in [1.807, 2.05) is 0 Å². The van der Waals surface area contributed by atoms with E-state index in [2.05, 4.69) is 236 Å². The van der Waals surface area contributed by atoms with Gasteiger partial charge in [0.15, 0.2) is 0 Å². The molecule has 0 amide bonds. The van der Waals surface area contributed by atoms with Gasteiger partial charge in [-0.15, -0.1) is 0 Å². The molecule has 0 spiro atoms. The van der Waals surface area contributed by atoms with E-state index >= 15 is 0 Å². The van der Waals surface area contributed by atoms with E-state index in [-0.39, 0.29) is 5.41 Å². The first-order valence-electron chi connectivity index (χ1n) is 24.3. The normalized spacial score (nSPS) is 12.9. The Kier molecular flexibility index (Phi) is 10.3. The summed E-state index contributed by atoms with van der Waals surface area (Å²) in [5.74, 6) is 0. The summed E-state index contributed by atoms with van der Waals surface area (Å²) in [6.45, 7) is 20.5. The first-order valence-corrected chi connectivity index (χ1v) is 24.3. The largest absolute Gasteiger partial charge is 0.309 e. The third-order valence-electron chi connectivity index (χ3n) is 14.7. The first kappa shape index (κ1) is 42.5. The molecule has 2 nitrogen and oxygen atoms in total. The predicted octanol–water partition coefficient (Wildman–Crippen LogP) is 18.4. The van der Waals surface area contributed by atoms with Gasteiger partial charge in [-0.1, -0.05) is 156 Å². The average molecular weight is 869 g/mol. The van der Waals surface area contributed by atoms with E-state index in [0.29, 0.717) is 0 Å². The molecule has 67 heavy (non-hydrogen) atoms. The lowest BCUT2D eigenvalue weighted by molar-refractivity contribution is 0.591. The molecule has 0 saturated heterocycles. The molecule has 10 aromatic rings. The van der Waals surface area contributed by atoms with Gasteiger partial charge in [0, 0.05) is 34.0 Å². The van der Waals surface area contributed by atoms with Crippen molar-refractivity contribution in [3.8, 4) is 22.3 Å². The van der Waals surface area contributed by atoms with Crippen molar-refractivity contribution in [3.05, 3.63) is 214 Å². The van der Waals surface area contributed by atoms with Crippen LogP contribution in [0.2, 0.25) is 0 Å². The standard InChI is InChI=1S/C65H60N2/c1-10-44-20-14-22-53(32-44)66-57-37-50(61-40(3)16-12-17-41(61)4)26-24-46(57)34-47-25-27-51(62-42(5)18-13-19-43(62)6)38-58(47)67(54-23-15-21-45(11-2)33-54)60-39-59(66)55-30-28-48-35-52(65(7,8)9)36-49-29-31-56(60)64(55)63(48)49/h12-33,35-39H,10-11,34H2,1-9H3. The van der Waals surface area contributed by atoms with Gasteiger partial charge in [-0.25, -0.2) is 0 Å². The fourth-order valence-corrected chi connectivity index (χ4v) is 11.2. The molecule has 0 fully saturated rings. The molecule has 0 unspecified atom stereocenters. The molecule has 0 saturated carbocycles. The van der Waals surface area contributed by atoms with Gasteiger partial charge >= 0.3 is 0 Å². The second-order valence-electron chi connectivity index (χ2n) is 20.2. The van der Waals surface area contributed by atoms with Gasteiger partial charge in [0.2, 0.25) is 0 Å². The number of rotatable bonds is 6. The molecule has 2 heteroatoms. The minimum atomic E-state index is 0.00766. The van der Waals surface area contributed by atoms with Gasteiger partial charge in [-0.2, -0.15) is 0 Å². The second-order valence-corrected chi connectivity index (χ2v) is 20.2. The van der Waals surface area contributed by atoms with Gasteiger partial charge in [-0.3, -0.25) is 0 Å². The molecular formula is C65H60N2. The summed E-state index contributed by atoms with van der Waals surface area (Å²) < 4.78 is 0.